The fourth-order valence-electron chi connectivity index (χ4n) is 3.85. The third kappa shape index (κ3) is 4.25. The quantitative estimate of drug-likeness (QED) is 0.868. The predicted octanol–water partition coefficient (Wildman–Crippen LogP) is 2.12. The van der Waals surface area contributed by atoms with Gasteiger partial charge in [-0.15, -0.1) is 0 Å². The minimum atomic E-state index is -3.38. The molecule has 2 saturated heterocycles. The Labute approximate surface area is 152 Å². The highest BCUT2D eigenvalue weighted by Crippen LogP contribution is 2.27. The normalized spacial score (nSPS) is 26.4. The Hall–Kier alpha value is -0.950. The summed E-state index contributed by atoms with van der Waals surface area (Å²) in [5.74, 6) is 0.409. The van der Waals surface area contributed by atoms with Crippen molar-refractivity contribution in [3.63, 3.8) is 0 Å². The van der Waals surface area contributed by atoms with Gasteiger partial charge < -0.3 is 10.2 Å². The Morgan fingerprint density at radius 3 is 2.28 bits per heavy atom. The van der Waals surface area contributed by atoms with E-state index in [4.69, 9.17) is 0 Å². The van der Waals surface area contributed by atoms with Gasteiger partial charge in [-0.1, -0.05) is 32.9 Å². The Bertz CT molecular complexity index is 671. The largest absolute Gasteiger partial charge is 0.316 e. The standard InChI is InChI=1S/C19H31N3O2S/c1-16(2)17-4-6-18(7-5-17)25(23,24)22-12-10-21(11-13-22)15-19(3)8-9-20-14-19/h4-7,16,20H,8-15H2,1-3H3. The van der Waals surface area contributed by atoms with Crippen LogP contribution in [0.1, 0.15) is 38.7 Å². The average molecular weight is 366 g/mol. The zero-order valence-corrected chi connectivity index (χ0v) is 16.5. The SMILES string of the molecule is CC(C)c1ccc(S(=O)(=O)N2CCN(CC3(C)CCNC3)CC2)cc1. The van der Waals surface area contributed by atoms with Gasteiger partial charge in [-0.2, -0.15) is 4.31 Å². The maximum absolute atomic E-state index is 12.9. The lowest BCUT2D eigenvalue weighted by atomic mass is 9.89. The summed E-state index contributed by atoms with van der Waals surface area (Å²) in [5, 5.41) is 3.44. The molecule has 25 heavy (non-hydrogen) atoms. The molecule has 0 spiro atoms. The zero-order valence-electron chi connectivity index (χ0n) is 15.7. The molecule has 1 unspecified atom stereocenters. The number of piperazine rings is 1. The van der Waals surface area contributed by atoms with Gasteiger partial charge in [0.1, 0.15) is 0 Å². The van der Waals surface area contributed by atoms with Gasteiger partial charge in [0.2, 0.25) is 10.0 Å². The van der Waals surface area contributed by atoms with Gasteiger partial charge in [-0.3, -0.25) is 0 Å². The van der Waals surface area contributed by atoms with Gasteiger partial charge in [0, 0.05) is 39.3 Å². The minimum absolute atomic E-state index is 0.327. The molecule has 2 heterocycles. The summed E-state index contributed by atoms with van der Waals surface area (Å²) in [5.41, 5.74) is 1.50. The van der Waals surface area contributed by atoms with Crippen LogP contribution in [0.2, 0.25) is 0 Å². The molecule has 2 aliphatic heterocycles. The van der Waals surface area contributed by atoms with E-state index in [1.165, 1.54) is 12.0 Å². The van der Waals surface area contributed by atoms with Crippen LogP contribution in [0.3, 0.4) is 0 Å². The lowest BCUT2D eigenvalue weighted by molar-refractivity contribution is 0.132. The summed E-state index contributed by atoms with van der Waals surface area (Å²) in [6.07, 6.45) is 1.20. The van der Waals surface area contributed by atoms with Crippen molar-refractivity contribution in [3.05, 3.63) is 29.8 Å². The van der Waals surface area contributed by atoms with Crippen LogP contribution < -0.4 is 5.32 Å². The van der Waals surface area contributed by atoms with Crippen molar-refractivity contribution in [3.8, 4) is 0 Å². The van der Waals surface area contributed by atoms with Crippen LogP contribution in [-0.2, 0) is 10.0 Å². The van der Waals surface area contributed by atoms with Crippen LogP contribution in [0.4, 0.5) is 0 Å². The van der Waals surface area contributed by atoms with E-state index in [-0.39, 0.29) is 0 Å². The Morgan fingerprint density at radius 2 is 1.76 bits per heavy atom. The average Bonchev–Trinajstić information content (AvgIpc) is 3.01. The second-order valence-corrected chi connectivity index (χ2v) is 10.1. The second-order valence-electron chi connectivity index (χ2n) is 8.14. The van der Waals surface area contributed by atoms with E-state index in [9.17, 15) is 8.42 Å². The van der Waals surface area contributed by atoms with Gasteiger partial charge in [0.15, 0.2) is 0 Å². The first-order valence-electron chi connectivity index (χ1n) is 9.33. The van der Waals surface area contributed by atoms with Crippen LogP contribution >= 0.6 is 0 Å². The molecule has 1 aromatic rings. The maximum Gasteiger partial charge on any atom is 0.243 e. The molecule has 0 aromatic heterocycles. The van der Waals surface area contributed by atoms with Gasteiger partial charge >= 0.3 is 0 Å². The van der Waals surface area contributed by atoms with Gasteiger partial charge in [-0.25, -0.2) is 8.42 Å². The third-order valence-electron chi connectivity index (χ3n) is 5.58. The number of sulfonamides is 1. The Kier molecular flexibility index (Phi) is 5.54. The predicted molar refractivity (Wildman–Crippen MR) is 101 cm³/mol. The van der Waals surface area contributed by atoms with Crippen LogP contribution in [-0.4, -0.2) is 63.4 Å². The van der Waals surface area contributed by atoms with E-state index < -0.39 is 10.0 Å². The van der Waals surface area contributed by atoms with Gasteiger partial charge in [-0.05, 0) is 42.0 Å². The van der Waals surface area contributed by atoms with Gasteiger partial charge in [0.05, 0.1) is 4.90 Å². The minimum Gasteiger partial charge on any atom is -0.316 e. The number of rotatable bonds is 5. The lowest BCUT2D eigenvalue weighted by Crippen LogP contribution is -2.51. The van der Waals surface area contributed by atoms with Crippen molar-refractivity contribution in [2.45, 2.75) is 38.0 Å². The first kappa shape index (κ1) is 18.8. The van der Waals surface area contributed by atoms with Crippen molar-refractivity contribution in [2.24, 2.45) is 5.41 Å². The van der Waals surface area contributed by atoms with E-state index in [1.54, 1.807) is 16.4 Å². The van der Waals surface area contributed by atoms with Crippen molar-refractivity contribution in [1.82, 2.24) is 14.5 Å². The summed E-state index contributed by atoms with van der Waals surface area (Å²) >= 11 is 0. The van der Waals surface area contributed by atoms with E-state index in [0.717, 1.165) is 32.7 Å². The molecule has 140 valence electrons. The molecule has 0 saturated carbocycles. The van der Waals surface area contributed by atoms with E-state index >= 15 is 0 Å². The first-order valence-corrected chi connectivity index (χ1v) is 10.8. The second kappa shape index (κ2) is 7.35. The summed E-state index contributed by atoms with van der Waals surface area (Å²) in [7, 11) is -3.38. The van der Waals surface area contributed by atoms with Crippen LogP contribution in [0.5, 0.6) is 0 Å². The van der Waals surface area contributed by atoms with Gasteiger partial charge in [0.25, 0.3) is 0 Å². The van der Waals surface area contributed by atoms with E-state index in [2.05, 4.69) is 31.0 Å². The number of benzene rings is 1. The smallest absolute Gasteiger partial charge is 0.243 e. The molecule has 0 radical (unpaired) electrons. The highest BCUT2D eigenvalue weighted by Gasteiger charge is 2.34. The summed E-state index contributed by atoms with van der Waals surface area (Å²) in [4.78, 5) is 2.83. The fourth-order valence-corrected chi connectivity index (χ4v) is 5.27. The molecule has 6 heteroatoms. The third-order valence-corrected chi connectivity index (χ3v) is 7.49. The zero-order chi connectivity index (χ0) is 18.1. The van der Waals surface area contributed by atoms with Crippen molar-refractivity contribution in [1.29, 1.82) is 0 Å². The molecule has 0 aliphatic carbocycles. The van der Waals surface area contributed by atoms with Crippen molar-refractivity contribution < 1.29 is 8.42 Å². The van der Waals surface area contributed by atoms with Crippen LogP contribution in [0.25, 0.3) is 0 Å². The molecule has 3 rings (SSSR count). The number of nitrogens with one attached hydrogen (secondary N) is 1. The highest BCUT2D eigenvalue weighted by atomic mass is 32.2. The molecular weight excluding hydrogens is 334 g/mol. The maximum atomic E-state index is 12.9. The Balaban J connectivity index is 1.61. The molecule has 1 N–H and O–H groups in total. The van der Waals surface area contributed by atoms with Crippen molar-refractivity contribution in [2.75, 3.05) is 45.8 Å². The Morgan fingerprint density at radius 1 is 1.12 bits per heavy atom. The highest BCUT2D eigenvalue weighted by molar-refractivity contribution is 7.89. The van der Waals surface area contributed by atoms with E-state index in [0.29, 0.717) is 29.3 Å². The fraction of sp³-hybridized carbons (Fsp3) is 0.684. The molecule has 0 amide bonds. The molecule has 1 aromatic carbocycles. The summed E-state index contributed by atoms with van der Waals surface area (Å²) in [6.45, 7) is 12.6. The first-order chi connectivity index (χ1) is 11.8. The number of hydrogen-bond acceptors (Lipinski definition) is 4. The van der Waals surface area contributed by atoms with E-state index in [1.807, 2.05) is 12.1 Å². The summed E-state index contributed by atoms with van der Waals surface area (Å²) in [6, 6.07) is 7.37. The molecule has 5 nitrogen and oxygen atoms in total. The monoisotopic (exact) mass is 365 g/mol. The number of hydrogen-bond donors (Lipinski definition) is 1. The van der Waals surface area contributed by atoms with Crippen molar-refractivity contribution >= 4 is 10.0 Å². The number of nitrogens with zero attached hydrogens (tertiary/aromatic N) is 2. The molecule has 0 bridgehead atoms. The van der Waals surface area contributed by atoms with Crippen LogP contribution in [0, 0.1) is 5.41 Å². The topological polar surface area (TPSA) is 52.7 Å². The molecule has 1 atom stereocenters. The molecule has 2 fully saturated rings. The lowest BCUT2D eigenvalue weighted by Gasteiger charge is -2.38. The molecule has 2 aliphatic rings. The molecular formula is C19H31N3O2S. The summed E-state index contributed by atoms with van der Waals surface area (Å²) < 4.78 is 27.4. The van der Waals surface area contributed by atoms with Crippen LogP contribution in [0.15, 0.2) is 29.2 Å².